The Morgan fingerprint density at radius 2 is 1.67 bits per heavy atom. The summed E-state index contributed by atoms with van der Waals surface area (Å²) < 4.78 is 33.2. The molecule has 0 radical (unpaired) electrons. The van der Waals surface area contributed by atoms with E-state index in [-0.39, 0.29) is 12.1 Å². The Hall–Kier alpha value is -2.25. The van der Waals surface area contributed by atoms with Crippen molar-refractivity contribution in [3.05, 3.63) is 58.8 Å². The molecule has 1 aromatic heterocycles. The highest BCUT2D eigenvalue weighted by molar-refractivity contribution is 7.92. The number of ether oxygens (including phenoxy) is 1. The van der Waals surface area contributed by atoms with Crippen molar-refractivity contribution in [2.24, 2.45) is 0 Å². The first-order valence-electron chi connectivity index (χ1n) is 9.14. The van der Waals surface area contributed by atoms with Crippen molar-refractivity contribution in [3.8, 4) is 6.01 Å². The molecule has 0 saturated heterocycles. The van der Waals surface area contributed by atoms with Crippen molar-refractivity contribution in [3.63, 3.8) is 0 Å². The van der Waals surface area contributed by atoms with Crippen LogP contribution in [-0.2, 0) is 10.0 Å². The number of aryl methyl sites for hydroxylation is 2. The lowest BCUT2D eigenvalue weighted by atomic mass is 9.94. The number of nitrogens with one attached hydrogen (secondary N) is 1. The first-order chi connectivity index (χ1) is 12.9. The lowest BCUT2D eigenvalue weighted by Crippen LogP contribution is -2.39. The molecule has 7 heteroatoms. The van der Waals surface area contributed by atoms with Gasteiger partial charge in [-0.2, -0.15) is 0 Å². The Labute approximate surface area is 160 Å². The van der Waals surface area contributed by atoms with E-state index >= 15 is 0 Å². The maximum absolute atomic E-state index is 12.3. The smallest absolute Gasteiger partial charge is 0.317 e. The Bertz CT molecular complexity index is 870. The summed E-state index contributed by atoms with van der Waals surface area (Å²) in [4.78, 5) is 8.61. The molecule has 1 aliphatic rings. The molecule has 0 atom stereocenters. The van der Waals surface area contributed by atoms with Gasteiger partial charge in [0.2, 0.25) is 10.0 Å². The molecule has 1 saturated carbocycles. The predicted molar refractivity (Wildman–Crippen MR) is 106 cm³/mol. The zero-order valence-electron chi connectivity index (χ0n) is 15.6. The molecule has 3 rings (SSSR count). The maximum atomic E-state index is 12.3. The van der Waals surface area contributed by atoms with Crippen LogP contribution in [0.3, 0.4) is 0 Å². The van der Waals surface area contributed by atoms with Crippen LogP contribution in [0.25, 0.3) is 6.08 Å². The van der Waals surface area contributed by atoms with Gasteiger partial charge >= 0.3 is 6.01 Å². The van der Waals surface area contributed by atoms with Gasteiger partial charge in [0.1, 0.15) is 6.10 Å². The summed E-state index contributed by atoms with van der Waals surface area (Å²) in [6.45, 7) is 3.83. The van der Waals surface area contributed by atoms with E-state index in [4.69, 9.17) is 4.74 Å². The van der Waals surface area contributed by atoms with Gasteiger partial charge in [-0.3, -0.25) is 0 Å². The van der Waals surface area contributed by atoms with Gasteiger partial charge in [0.05, 0.1) is 0 Å². The van der Waals surface area contributed by atoms with Crippen LogP contribution in [0.4, 0.5) is 0 Å². The number of benzene rings is 1. The molecule has 0 unspecified atom stereocenters. The third-order valence-electron chi connectivity index (χ3n) is 4.48. The van der Waals surface area contributed by atoms with Crippen molar-refractivity contribution in [2.75, 3.05) is 0 Å². The summed E-state index contributed by atoms with van der Waals surface area (Å²) in [5.74, 6) is 0. The lowest BCUT2D eigenvalue weighted by molar-refractivity contribution is 0.132. The van der Waals surface area contributed by atoms with Gasteiger partial charge in [-0.1, -0.05) is 30.3 Å². The summed E-state index contributed by atoms with van der Waals surface area (Å²) >= 11 is 0. The number of hydrogen-bond donors (Lipinski definition) is 1. The van der Waals surface area contributed by atoms with Crippen molar-refractivity contribution in [1.29, 1.82) is 0 Å². The molecule has 0 bridgehead atoms. The van der Waals surface area contributed by atoms with Crippen LogP contribution in [0.1, 0.15) is 42.6 Å². The first-order valence-corrected chi connectivity index (χ1v) is 10.7. The van der Waals surface area contributed by atoms with E-state index in [0.717, 1.165) is 42.6 Å². The number of nitrogens with zero attached hydrogens (tertiary/aromatic N) is 2. The van der Waals surface area contributed by atoms with E-state index in [1.165, 1.54) is 5.41 Å². The number of sulfonamides is 1. The van der Waals surface area contributed by atoms with E-state index < -0.39 is 10.0 Å². The normalized spacial score (nSPS) is 20.7. The average Bonchev–Trinajstić information content (AvgIpc) is 2.62. The average molecular weight is 388 g/mol. The quantitative estimate of drug-likeness (QED) is 0.822. The largest absolute Gasteiger partial charge is 0.460 e. The van der Waals surface area contributed by atoms with Crippen molar-refractivity contribution in [2.45, 2.75) is 51.7 Å². The van der Waals surface area contributed by atoms with Gasteiger partial charge in [-0.05, 0) is 57.2 Å². The predicted octanol–water partition coefficient (Wildman–Crippen LogP) is 3.37. The van der Waals surface area contributed by atoms with E-state index in [9.17, 15) is 8.42 Å². The Balaban J connectivity index is 1.50. The number of rotatable bonds is 6. The molecule has 1 N–H and O–H groups in total. The van der Waals surface area contributed by atoms with Crippen LogP contribution < -0.4 is 9.46 Å². The molecule has 1 heterocycles. The number of hydrogen-bond acceptors (Lipinski definition) is 5. The first kappa shape index (κ1) is 19.5. The van der Waals surface area contributed by atoms with E-state index in [0.29, 0.717) is 6.01 Å². The van der Waals surface area contributed by atoms with E-state index in [2.05, 4.69) is 14.7 Å². The molecule has 0 spiro atoms. The second-order valence-electron chi connectivity index (χ2n) is 6.90. The van der Waals surface area contributed by atoms with Gasteiger partial charge in [0.25, 0.3) is 0 Å². The Kier molecular flexibility index (Phi) is 6.23. The summed E-state index contributed by atoms with van der Waals surface area (Å²) in [6, 6.07) is 11.6. The molecular weight excluding hydrogens is 362 g/mol. The van der Waals surface area contributed by atoms with Crippen molar-refractivity contribution in [1.82, 2.24) is 14.7 Å². The van der Waals surface area contributed by atoms with Crippen molar-refractivity contribution >= 4 is 16.1 Å². The third-order valence-corrected chi connectivity index (χ3v) is 5.63. The van der Waals surface area contributed by atoms with E-state index in [1.807, 2.05) is 50.2 Å². The molecule has 6 nitrogen and oxygen atoms in total. The molecule has 27 heavy (non-hydrogen) atoms. The minimum absolute atomic E-state index is 0.0202. The monoisotopic (exact) mass is 387 g/mol. The molecule has 0 aliphatic heterocycles. The van der Waals surface area contributed by atoms with Gasteiger partial charge in [0, 0.05) is 22.8 Å². The maximum Gasteiger partial charge on any atom is 0.317 e. The Morgan fingerprint density at radius 1 is 1.04 bits per heavy atom. The fourth-order valence-corrected chi connectivity index (χ4v) is 4.31. The van der Waals surface area contributed by atoms with Crippen LogP contribution in [0.15, 0.2) is 41.8 Å². The zero-order chi connectivity index (χ0) is 19.3. The van der Waals surface area contributed by atoms with Gasteiger partial charge in [-0.25, -0.2) is 23.1 Å². The van der Waals surface area contributed by atoms with Crippen LogP contribution in [0.2, 0.25) is 0 Å². The van der Waals surface area contributed by atoms with Gasteiger partial charge in [-0.15, -0.1) is 0 Å². The molecular formula is C20H25N3O3S. The summed E-state index contributed by atoms with van der Waals surface area (Å²) in [5, 5.41) is 1.23. The number of aromatic nitrogens is 2. The summed E-state index contributed by atoms with van der Waals surface area (Å²) in [6.07, 6.45) is 4.63. The highest BCUT2D eigenvalue weighted by Gasteiger charge is 2.25. The second-order valence-corrected chi connectivity index (χ2v) is 8.50. The van der Waals surface area contributed by atoms with Crippen molar-refractivity contribution < 1.29 is 13.2 Å². The van der Waals surface area contributed by atoms with Crippen LogP contribution >= 0.6 is 0 Å². The summed E-state index contributed by atoms with van der Waals surface area (Å²) in [5.41, 5.74) is 2.61. The summed E-state index contributed by atoms with van der Waals surface area (Å²) in [7, 11) is -3.46. The molecule has 144 valence electrons. The van der Waals surface area contributed by atoms with Gasteiger partial charge < -0.3 is 4.74 Å². The molecule has 0 amide bonds. The second kappa shape index (κ2) is 8.63. The third kappa shape index (κ3) is 6.15. The standard InChI is InChI=1S/C20H25N3O3S/c1-15-14-16(2)22-20(21-15)26-19-10-8-18(9-11-19)23-27(24,25)13-12-17-6-4-3-5-7-17/h3-7,12-14,18-19,23H,8-11H2,1-2H3/b13-12+. The molecule has 1 fully saturated rings. The lowest BCUT2D eigenvalue weighted by Gasteiger charge is -2.28. The zero-order valence-corrected chi connectivity index (χ0v) is 16.4. The molecule has 2 aromatic rings. The minimum atomic E-state index is -3.46. The van der Waals surface area contributed by atoms with Crippen LogP contribution in [-0.4, -0.2) is 30.5 Å². The van der Waals surface area contributed by atoms with E-state index in [1.54, 1.807) is 6.08 Å². The molecule has 1 aromatic carbocycles. The fourth-order valence-electron chi connectivity index (χ4n) is 3.20. The van der Waals surface area contributed by atoms with Gasteiger partial charge in [0.15, 0.2) is 0 Å². The van der Waals surface area contributed by atoms with Crippen LogP contribution in [0.5, 0.6) is 6.01 Å². The minimum Gasteiger partial charge on any atom is -0.460 e. The van der Waals surface area contributed by atoms with Crippen LogP contribution in [0, 0.1) is 13.8 Å². The SMILES string of the molecule is Cc1cc(C)nc(OC2CCC(NS(=O)(=O)/C=C/c3ccccc3)CC2)n1. The molecule has 1 aliphatic carbocycles. The fraction of sp³-hybridized carbons (Fsp3) is 0.400. The highest BCUT2D eigenvalue weighted by Crippen LogP contribution is 2.23. The topological polar surface area (TPSA) is 81.2 Å². The highest BCUT2D eigenvalue weighted by atomic mass is 32.2. The Morgan fingerprint density at radius 3 is 2.30 bits per heavy atom.